The standard InChI is InChI=1S/C23H29FN6O2/c1-15(2)30-14-26-21-20(27-23(28-22(21)30)29-10-4-5-11-29)16-8-9-17(24)18(13-16)32-12-6-7-19(31)25-3/h8-9,13-15H,4-7,10-12H2,1-3H3,(H,25,31). The molecule has 4 rings (SSSR count). The lowest BCUT2D eigenvalue weighted by Gasteiger charge is -2.17. The molecule has 1 aliphatic heterocycles. The second kappa shape index (κ2) is 9.50. The Labute approximate surface area is 186 Å². The zero-order valence-corrected chi connectivity index (χ0v) is 18.8. The van der Waals surface area contributed by atoms with Crippen molar-refractivity contribution in [3.05, 3.63) is 30.3 Å². The first-order valence-corrected chi connectivity index (χ1v) is 11.1. The maximum atomic E-state index is 14.4. The molecule has 32 heavy (non-hydrogen) atoms. The first-order valence-electron chi connectivity index (χ1n) is 11.1. The molecular formula is C23H29FN6O2. The molecule has 1 N–H and O–H groups in total. The van der Waals surface area contributed by atoms with Crippen molar-refractivity contribution < 1.29 is 13.9 Å². The fourth-order valence-corrected chi connectivity index (χ4v) is 3.84. The molecule has 0 aliphatic carbocycles. The topological polar surface area (TPSA) is 85.2 Å². The van der Waals surface area contributed by atoms with E-state index in [1.54, 1.807) is 25.5 Å². The summed E-state index contributed by atoms with van der Waals surface area (Å²) in [6.45, 7) is 6.25. The van der Waals surface area contributed by atoms with Crippen molar-refractivity contribution in [2.24, 2.45) is 0 Å². The molecule has 1 aliphatic rings. The van der Waals surface area contributed by atoms with Gasteiger partial charge in [0.15, 0.2) is 17.2 Å². The summed E-state index contributed by atoms with van der Waals surface area (Å²) >= 11 is 0. The third-order valence-corrected chi connectivity index (χ3v) is 5.64. The van der Waals surface area contributed by atoms with Gasteiger partial charge in [-0.25, -0.2) is 14.4 Å². The van der Waals surface area contributed by atoms with Gasteiger partial charge in [0, 0.05) is 38.2 Å². The number of nitrogens with one attached hydrogen (secondary N) is 1. The van der Waals surface area contributed by atoms with Crippen molar-refractivity contribution in [2.45, 2.75) is 45.6 Å². The third-order valence-electron chi connectivity index (χ3n) is 5.64. The molecule has 2 aromatic heterocycles. The molecule has 0 unspecified atom stereocenters. The van der Waals surface area contributed by atoms with Crippen molar-refractivity contribution in [3.63, 3.8) is 0 Å². The molecule has 0 atom stereocenters. The van der Waals surface area contributed by atoms with Crippen molar-refractivity contribution in [3.8, 4) is 17.0 Å². The van der Waals surface area contributed by atoms with Crippen LogP contribution >= 0.6 is 0 Å². The zero-order valence-electron chi connectivity index (χ0n) is 18.8. The Kier molecular flexibility index (Phi) is 6.53. The van der Waals surface area contributed by atoms with Crippen LogP contribution in [0.4, 0.5) is 10.3 Å². The van der Waals surface area contributed by atoms with Gasteiger partial charge in [0.25, 0.3) is 0 Å². The smallest absolute Gasteiger partial charge is 0.228 e. The highest BCUT2D eigenvalue weighted by atomic mass is 19.1. The summed E-state index contributed by atoms with van der Waals surface area (Å²) in [4.78, 5) is 27.8. The molecule has 3 aromatic rings. The molecule has 8 nitrogen and oxygen atoms in total. The fraction of sp³-hybridized carbons (Fsp3) is 0.478. The van der Waals surface area contributed by atoms with E-state index in [4.69, 9.17) is 14.7 Å². The SMILES string of the molecule is CNC(=O)CCCOc1cc(-c2nc(N3CCCC3)nc3c2ncn3C(C)C)ccc1F. The number of carbonyl (C=O) groups is 1. The fourth-order valence-electron chi connectivity index (χ4n) is 3.84. The molecule has 0 radical (unpaired) electrons. The Bertz CT molecular complexity index is 1110. The van der Waals surface area contributed by atoms with Gasteiger partial charge in [-0.3, -0.25) is 4.79 Å². The van der Waals surface area contributed by atoms with Crippen LogP contribution in [-0.4, -0.2) is 52.2 Å². The monoisotopic (exact) mass is 440 g/mol. The van der Waals surface area contributed by atoms with Gasteiger partial charge in [-0.05, 0) is 51.3 Å². The number of fused-ring (bicyclic) bond motifs is 1. The Balaban J connectivity index is 1.69. The number of hydrogen-bond donors (Lipinski definition) is 1. The minimum absolute atomic E-state index is 0.0682. The summed E-state index contributed by atoms with van der Waals surface area (Å²) in [5, 5.41) is 2.57. The van der Waals surface area contributed by atoms with E-state index in [2.05, 4.69) is 29.0 Å². The van der Waals surface area contributed by atoms with E-state index < -0.39 is 5.82 Å². The number of carbonyl (C=O) groups excluding carboxylic acids is 1. The van der Waals surface area contributed by atoms with Crippen LogP contribution in [0.2, 0.25) is 0 Å². The minimum Gasteiger partial charge on any atom is -0.490 e. The van der Waals surface area contributed by atoms with Crippen LogP contribution in [0.3, 0.4) is 0 Å². The summed E-state index contributed by atoms with van der Waals surface area (Å²) in [5.41, 5.74) is 2.82. The van der Waals surface area contributed by atoms with Crippen LogP contribution in [0.1, 0.15) is 45.6 Å². The average Bonchev–Trinajstić information content (AvgIpc) is 3.47. The molecule has 1 aromatic carbocycles. The summed E-state index contributed by atoms with van der Waals surface area (Å²) in [7, 11) is 1.59. The molecule has 170 valence electrons. The van der Waals surface area contributed by atoms with E-state index in [0.29, 0.717) is 30.0 Å². The number of ether oxygens (including phenoxy) is 1. The zero-order chi connectivity index (χ0) is 22.7. The van der Waals surface area contributed by atoms with Crippen LogP contribution in [0.5, 0.6) is 5.75 Å². The highest BCUT2D eigenvalue weighted by Crippen LogP contribution is 2.32. The number of nitrogens with zero attached hydrogens (tertiary/aromatic N) is 5. The van der Waals surface area contributed by atoms with E-state index in [1.165, 1.54) is 6.07 Å². The highest BCUT2D eigenvalue weighted by molar-refractivity contribution is 5.89. The Morgan fingerprint density at radius 1 is 1.25 bits per heavy atom. The van der Waals surface area contributed by atoms with Gasteiger partial charge in [-0.1, -0.05) is 0 Å². The lowest BCUT2D eigenvalue weighted by Crippen LogP contribution is -2.21. The Morgan fingerprint density at radius 3 is 2.75 bits per heavy atom. The van der Waals surface area contributed by atoms with E-state index in [1.807, 2.05) is 4.57 Å². The quantitative estimate of drug-likeness (QED) is 0.538. The second-order valence-electron chi connectivity index (χ2n) is 8.25. The Hall–Kier alpha value is -3.23. The number of rotatable bonds is 8. The van der Waals surface area contributed by atoms with E-state index >= 15 is 0 Å². The van der Waals surface area contributed by atoms with Gasteiger partial charge in [0.2, 0.25) is 11.9 Å². The van der Waals surface area contributed by atoms with Crippen LogP contribution in [-0.2, 0) is 4.79 Å². The average molecular weight is 441 g/mol. The number of amides is 1. The first kappa shape index (κ1) is 22.0. The molecule has 0 bridgehead atoms. The van der Waals surface area contributed by atoms with E-state index in [-0.39, 0.29) is 24.3 Å². The molecule has 0 saturated carbocycles. The predicted octanol–water partition coefficient (Wildman–Crippen LogP) is 3.72. The third kappa shape index (κ3) is 4.51. The highest BCUT2D eigenvalue weighted by Gasteiger charge is 2.22. The number of anilines is 1. The lowest BCUT2D eigenvalue weighted by atomic mass is 10.1. The lowest BCUT2D eigenvalue weighted by molar-refractivity contribution is -0.120. The van der Waals surface area contributed by atoms with Gasteiger partial charge in [-0.15, -0.1) is 0 Å². The number of aromatic nitrogens is 4. The minimum atomic E-state index is -0.452. The van der Waals surface area contributed by atoms with Crippen molar-refractivity contribution in [1.82, 2.24) is 24.8 Å². The summed E-state index contributed by atoms with van der Waals surface area (Å²) < 4.78 is 22.1. The molecule has 3 heterocycles. The van der Waals surface area contributed by atoms with Crippen LogP contribution in [0, 0.1) is 5.82 Å². The van der Waals surface area contributed by atoms with Gasteiger partial charge in [0.05, 0.1) is 12.9 Å². The van der Waals surface area contributed by atoms with Crippen molar-refractivity contribution >= 4 is 23.0 Å². The first-order chi connectivity index (χ1) is 15.5. The molecule has 1 fully saturated rings. The number of benzene rings is 1. The summed E-state index contributed by atoms with van der Waals surface area (Å²) in [5.74, 6) is 0.287. The molecule has 1 amide bonds. The number of hydrogen-bond acceptors (Lipinski definition) is 6. The van der Waals surface area contributed by atoms with Gasteiger partial charge >= 0.3 is 0 Å². The summed E-state index contributed by atoms with van der Waals surface area (Å²) in [6.07, 6.45) is 4.84. The molecular weight excluding hydrogens is 411 g/mol. The van der Waals surface area contributed by atoms with Crippen molar-refractivity contribution in [1.29, 1.82) is 0 Å². The van der Waals surface area contributed by atoms with Gasteiger partial charge in [0.1, 0.15) is 11.2 Å². The normalized spacial score (nSPS) is 13.8. The molecule has 1 saturated heterocycles. The van der Waals surface area contributed by atoms with E-state index in [0.717, 1.165) is 37.1 Å². The second-order valence-corrected chi connectivity index (χ2v) is 8.25. The largest absolute Gasteiger partial charge is 0.490 e. The Morgan fingerprint density at radius 2 is 2.03 bits per heavy atom. The number of imidazole rings is 1. The van der Waals surface area contributed by atoms with Crippen LogP contribution in [0.15, 0.2) is 24.5 Å². The summed E-state index contributed by atoms with van der Waals surface area (Å²) in [6, 6.07) is 4.92. The number of halogens is 1. The molecule has 0 spiro atoms. The van der Waals surface area contributed by atoms with Crippen molar-refractivity contribution in [2.75, 3.05) is 31.6 Å². The van der Waals surface area contributed by atoms with Gasteiger partial charge < -0.3 is 19.5 Å². The maximum absolute atomic E-state index is 14.4. The molecule has 9 heteroatoms. The van der Waals surface area contributed by atoms with Gasteiger partial charge in [-0.2, -0.15) is 4.98 Å². The van der Waals surface area contributed by atoms with Crippen LogP contribution in [0.25, 0.3) is 22.4 Å². The maximum Gasteiger partial charge on any atom is 0.228 e. The van der Waals surface area contributed by atoms with Crippen LogP contribution < -0.4 is 15.0 Å². The predicted molar refractivity (Wildman–Crippen MR) is 121 cm³/mol. The van der Waals surface area contributed by atoms with E-state index in [9.17, 15) is 9.18 Å².